The number of piperidine rings is 1. The Labute approximate surface area is 179 Å². The van der Waals surface area contributed by atoms with E-state index in [2.05, 4.69) is 6.07 Å². The summed E-state index contributed by atoms with van der Waals surface area (Å²) in [6, 6.07) is 3.56. The van der Waals surface area contributed by atoms with E-state index in [1.54, 1.807) is 16.7 Å². The summed E-state index contributed by atoms with van der Waals surface area (Å²) in [5.41, 5.74) is 6.64. The first-order valence-corrected chi connectivity index (χ1v) is 10.8. The van der Waals surface area contributed by atoms with Crippen LogP contribution in [0.5, 0.6) is 0 Å². The molecule has 3 heterocycles. The number of nitriles is 1. The molecule has 0 spiro atoms. The van der Waals surface area contributed by atoms with E-state index in [0.29, 0.717) is 24.4 Å². The SMILES string of the molecule is C[C@@H](c1cc(F)cc(F)c1)N1C(=O)[C@H]2CC1CN2C[C@H](N)C(=O)N1C2C[C@H]2C[C@H]1C#N. The number of piperazine rings is 1. The van der Waals surface area contributed by atoms with Gasteiger partial charge in [-0.2, -0.15) is 5.26 Å². The Balaban J connectivity index is 1.24. The molecule has 4 aliphatic rings. The number of hydrogen-bond donors (Lipinski definition) is 1. The normalized spacial score (nSPS) is 33.4. The standard InChI is InChI=1S/C22H25F2N5O2/c1-11(12-2-14(23)6-15(24)3-12)28-17-7-20(22(28)31)27(9-17)10-18(26)21(30)29-16(8-25)4-13-5-19(13)29/h2-3,6,11,13,16-20H,4-5,7,9-10,26H2,1H3/t11-,13+,16-,17?,18-,19?,20+/m0/s1. The number of carbonyl (C=O) groups excluding carboxylic acids is 2. The van der Waals surface area contributed by atoms with Gasteiger partial charge in [0.25, 0.3) is 0 Å². The van der Waals surface area contributed by atoms with Crippen LogP contribution in [0.25, 0.3) is 0 Å². The van der Waals surface area contributed by atoms with Gasteiger partial charge in [0.15, 0.2) is 0 Å². The summed E-state index contributed by atoms with van der Waals surface area (Å²) in [6.45, 7) is 2.59. The van der Waals surface area contributed by atoms with Crippen molar-refractivity contribution in [2.24, 2.45) is 11.7 Å². The zero-order chi connectivity index (χ0) is 22.0. The van der Waals surface area contributed by atoms with Crippen molar-refractivity contribution in [2.75, 3.05) is 13.1 Å². The highest BCUT2D eigenvalue weighted by atomic mass is 19.1. The van der Waals surface area contributed by atoms with Gasteiger partial charge in [-0.1, -0.05) is 0 Å². The van der Waals surface area contributed by atoms with Crippen molar-refractivity contribution < 1.29 is 18.4 Å². The van der Waals surface area contributed by atoms with Gasteiger partial charge in [-0.3, -0.25) is 14.5 Å². The molecule has 2 bridgehead atoms. The molecular formula is C22H25F2N5O2. The van der Waals surface area contributed by atoms with Crippen molar-refractivity contribution in [3.05, 3.63) is 35.4 Å². The number of hydrogen-bond acceptors (Lipinski definition) is 5. The van der Waals surface area contributed by atoms with E-state index in [1.807, 2.05) is 4.90 Å². The summed E-state index contributed by atoms with van der Waals surface area (Å²) in [5.74, 6) is -1.23. The van der Waals surface area contributed by atoms with Gasteiger partial charge in [0.05, 0.1) is 24.2 Å². The lowest BCUT2D eigenvalue weighted by Crippen LogP contribution is -2.57. The lowest BCUT2D eigenvalue weighted by Gasteiger charge is -2.38. The highest BCUT2D eigenvalue weighted by Gasteiger charge is 2.56. The molecule has 31 heavy (non-hydrogen) atoms. The molecule has 7 atom stereocenters. The van der Waals surface area contributed by atoms with Crippen molar-refractivity contribution in [3.63, 3.8) is 0 Å². The molecule has 2 N–H and O–H groups in total. The summed E-state index contributed by atoms with van der Waals surface area (Å²) in [6.07, 6.45) is 2.27. The molecule has 4 fully saturated rings. The zero-order valence-electron chi connectivity index (χ0n) is 17.2. The maximum Gasteiger partial charge on any atom is 0.242 e. The van der Waals surface area contributed by atoms with E-state index >= 15 is 0 Å². The van der Waals surface area contributed by atoms with Gasteiger partial charge in [-0.25, -0.2) is 8.78 Å². The van der Waals surface area contributed by atoms with E-state index in [9.17, 15) is 23.6 Å². The number of amides is 2. The van der Waals surface area contributed by atoms with Gasteiger partial charge >= 0.3 is 0 Å². The number of fused-ring (bicyclic) bond motifs is 3. The monoisotopic (exact) mass is 429 g/mol. The Kier molecular flexibility index (Phi) is 4.75. The lowest BCUT2D eigenvalue weighted by atomic mass is 10.0. The molecule has 2 amide bonds. The number of halogens is 2. The van der Waals surface area contributed by atoms with Gasteiger partial charge in [0.1, 0.15) is 17.7 Å². The van der Waals surface area contributed by atoms with E-state index in [-0.39, 0.29) is 36.5 Å². The highest BCUT2D eigenvalue weighted by Crippen LogP contribution is 2.48. The number of nitrogens with zero attached hydrogens (tertiary/aromatic N) is 4. The van der Waals surface area contributed by atoms with Crippen molar-refractivity contribution >= 4 is 11.8 Å². The first kappa shape index (κ1) is 20.3. The average molecular weight is 429 g/mol. The fourth-order valence-electron chi connectivity index (χ4n) is 5.79. The third-order valence-corrected chi connectivity index (χ3v) is 7.36. The van der Waals surface area contributed by atoms with Crippen LogP contribution >= 0.6 is 0 Å². The number of benzene rings is 1. The zero-order valence-corrected chi connectivity index (χ0v) is 17.2. The van der Waals surface area contributed by atoms with Gasteiger partial charge in [0, 0.05) is 31.2 Å². The molecule has 1 aliphatic carbocycles. The molecule has 1 aromatic rings. The number of likely N-dealkylation sites (tertiary alicyclic amines) is 3. The van der Waals surface area contributed by atoms with Crippen LogP contribution in [0.1, 0.15) is 37.8 Å². The number of carbonyl (C=O) groups is 2. The van der Waals surface area contributed by atoms with E-state index in [0.717, 1.165) is 18.9 Å². The minimum Gasteiger partial charge on any atom is -0.330 e. The molecule has 164 valence electrons. The minimum absolute atomic E-state index is 0.0902. The molecule has 0 aromatic heterocycles. The van der Waals surface area contributed by atoms with Gasteiger partial charge in [0.2, 0.25) is 11.8 Å². The summed E-state index contributed by atoms with van der Waals surface area (Å²) < 4.78 is 27.3. The third kappa shape index (κ3) is 3.29. The smallest absolute Gasteiger partial charge is 0.242 e. The largest absolute Gasteiger partial charge is 0.330 e. The summed E-state index contributed by atoms with van der Waals surface area (Å²) in [5, 5.41) is 9.33. The van der Waals surface area contributed by atoms with Gasteiger partial charge < -0.3 is 15.5 Å². The summed E-state index contributed by atoms with van der Waals surface area (Å²) >= 11 is 0. The molecule has 2 unspecified atom stereocenters. The van der Waals surface area contributed by atoms with Gasteiger partial charge in [-0.15, -0.1) is 0 Å². The summed E-state index contributed by atoms with van der Waals surface area (Å²) in [7, 11) is 0. The van der Waals surface area contributed by atoms with E-state index in [4.69, 9.17) is 5.73 Å². The number of nitrogens with two attached hydrogens (primary N) is 1. The molecule has 0 radical (unpaired) electrons. The number of rotatable bonds is 5. The predicted octanol–water partition coefficient (Wildman–Crippen LogP) is 1.15. The van der Waals surface area contributed by atoms with Crippen LogP contribution in [0, 0.1) is 28.9 Å². The molecule has 3 saturated heterocycles. The lowest BCUT2D eigenvalue weighted by molar-refractivity contribution is -0.141. The van der Waals surface area contributed by atoms with E-state index < -0.39 is 29.8 Å². The average Bonchev–Trinajstić information content (AvgIpc) is 3.05. The highest BCUT2D eigenvalue weighted by molar-refractivity contribution is 5.87. The van der Waals surface area contributed by atoms with Crippen LogP contribution < -0.4 is 5.73 Å². The van der Waals surface area contributed by atoms with Crippen molar-refractivity contribution in [1.82, 2.24) is 14.7 Å². The van der Waals surface area contributed by atoms with Gasteiger partial charge in [-0.05, 0) is 49.8 Å². The van der Waals surface area contributed by atoms with Crippen LogP contribution in [-0.2, 0) is 9.59 Å². The second-order valence-electron chi connectivity index (χ2n) is 9.28. The van der Waals surface area contributed by atoms with Crippen molar-refractivity contribution in [1.29, 1.82) is 5.26 Å². The minimum atomic E-state index is -0.787. The van der Waals surface area contributed by atoms with Crippen LogP contribution in [0.15, 0.2) is 18.2 Å². The molecule has 1 saturated carbocycles. The molecule has 3 aliphatic heterocycles. The Morgan fingerprint density at radius 1 is 1.26 bits per heavy atom. The first-order valence-electron chi connectivity index (χ1n) is 10.8. The first-order chi connectivity index (χ1) is 14.8. The van der Waals surface area contributed by atoms with E-state index in [1.165, 1.54) is 12.1 Å². The Hall–Kier alpha value is -2.57. The second kappa shape index (κ2) is 7.24. The Morgan fingerprint density at radius 2 is 1.97 bits per heavy atom. The van der Waals surface area contributed by atoms with Crippen LogP contribution in [0.2, 0.25) is 0 Å². The van der Waals surface area contributed by atoms with Crippen molar-refractivity contribution in [2.45, 2.75) is 62.4 Å². The fraction of sp³-hybridized carbons (Fsp3) is 0.591. The molecular weight excluding hydrogens is 404 g/mol. The topological polar surface area (TPSA) is 93.7 Å². The molecule has 1 aromatic carbocycles. The van der Waals surface area contributed by atoms with Crippen molar-refractivity contribution in [3.8, 4) is 6.07 Å². The molecule has 9 heteroatoms. The third-order valence-electron chi connectivity index (χ3n) is 7.36. The Bertz CT molecular complexity index is 961. The van der Waals surface area contributed by atoms with Crippen LogP contribution in [0.3, 0.4) is 0 Å². The Morgan fingerprint density at radius 3 is 2.61 bits per heavy atom. The predicted molar refractivity (Wildman–Crippen MR) is 106 cm³/mol. The second-order valence-corrected chi connectivity index (χ2v) is 9.28. The maximum atomic E-state index is 13.6. The molecule has 7 nitrogen and oxygen atoms in total. The molecule has 5 rings (SSSR count). The quantitative estimate of drug-likeness (QED) is 0.758. The summed E-state index contributed by atoms with van der Waals surface area (Å²) in [4.78, 5) is 31.2. The van der Waals surface area contributed by atoms with Crippen LogP contribution in [-0.4, -0.2) is 69.8 Å². The maximum absolute atomic E-state index is 13.6. The van der Waals surface area contributed by atoms with Crippen LogP contribution in [0.4, 0.5) is 8.78 Å². The fourth-order valence-corrected chi connectivity index (χ4v) is 5.79.